The average molecular weight is 365 g/mol. The lowest BCUT2D eigenvalue weighted by Crippen LogP contribution is -2.61. The minimum Gasteiger partial charge on any atom is -0.383 e. The van der Waals surface area contributed by atoms with Crippen molar-refractivity contribution in [3.05, 3.63) is 34.9 Å². The van der Waals surface area contributed by atoms with E-state index in [0.29, 0.717) is 31.1 Å². The molecule has 2 amide bonds. The van der Waals surface area contributed by atoms with Crippen molar-refractivity contribution < 1.29 is 14.3 Å². The highest BCUT2D eigenvalue weighted by Crippen LogP contribution is 2.38. The molecule has 1 atom stereocenters. The molecule has 5 nitrogen and oxygen atoms in total. The van der Waals surface area contributed by atoms with E-state index in [9.17, 15) is 9.59 Å². The number of methoxy groups -OCH3 is 1. The Kier molecular flexibility index (Phi) is 5.64. The van der Waals surface area contributed by atoms with Crippen molar-refractivity contribution in [3.8, 4) is 0 Å². The Bertz CT molecular complexity index is 634. The van der Waals surface area contributed by atoms with Gasteiger partial charge < -0.3 is 14.5 Å². The molecule has 0 aromatic heterocycles. The van der Waals surface area contributed by atoms with Crippen LogP contribution in [0.5, 0.6) is 0 Å². The van der Waals surface area contributed by atoms with Crippen LogP contribution >= 0.6 is 11.6 Å². The molecule has 2 aliphatic heterocycles. The van der Waals surface area contributed by atoms with Gasteiger partial charge in [-0.1, -0.05) is 23.7 Å². The van der Waals surface area contributed by atoms with Crippen LogP contribution in [0, 0.1) is 0 Å². The van der Waals surface area contributed by atoms with E-state index in [2.05, 4.69) is 0 Å². The standard InChI is InChI=1S/C19H25ClN2O3/c1-25-13-12-21-10-2-8-19(18(21)24)9-3-11-22(19)17(23)14-15-4-6-16(20)7-5-15/h4-7H,2-3,8-14H2,1H3. The first-order chi connectivity index (χ1) is 12.1. The van der Waals surface area contributed by atoms with Crippen molar-refractivity contribution in [1.82, 2.24) is 9.80 Å². The Balaban J connectivity index is 1.75. The molecule has 2 aliphatic rings. The number of carbonyl (C=O) groups excluding carboxylic acids is 2. The molecule has 136 valence electrons. The van der Waals surface area contributed by atoms with Crippen molar-refractivity contribution in [2.75, 3.05) is 33.4 Å². The van der Waals surface area contributed by atoms with Crippen molar-refractivity contribution in [3.63, 3.8) is 0 Å². The number of likely N-dealkylation sites (tertiary alicyclic amines) is 2. The van der Waals surface area contributed by atoms with Crippen LogP contribution in [0.25, 0.3) is 0 Å². The fourth-order valence-corrected chi connectivity index (χ4v) is 4.20. The van der Waals surface area contributed by atoms with Gasteiger partial charge in [-0.15, -0.1) is 0 Å². The van der Waals surface area contributed by atoms with Crippen LogP contribution in [-0.4, -0.2) is 60.5 Å². The zero-order valence-corrected chi connectivity index (χ0v) is 15.4. The monoisotopic (exact) mass is 364 g/mol. The minimum atomic E-state index is -0.643. The molecule has 0 aliphatic carbocycles. The van der Waals surface area contributed by atoms with E-state index in [1.165, 1.54) is 0 Å². The number of hydrogen-bond donors (Lipinski definition) is 0. The smallest absolute Gasteiger partial charge is 0.248 e. The lowest BCUT2D eigenvalue weighted by molar-refractivity contribution is -0.155. The molecule has 25 heavy (non-hydrogen) atoms. The number of rotatable bonds is 5. The molecule has 0 radical (unpaired) electrons. The number of halogens is 1. The Labute approximate surface area is 153 Å². The fraction of sp³-hybridized carbons (Fsp3) is 0.579. The summed E-state index contributed by atoms with van der Waals surface area (Å²) in [6.45, 7) is 2.54. The highest BCUT2D eigenvalue weighted by atomic mass is 35.5. The number of amides is 2. The first-order valence-electron chi connectivity index (χ1n) is 8.90. The predicted octanol–water partition coefficient (Wildman–Crippen LogP) is 2.51. The molecule has 1 spiro atoms. The molecular formula is C19H25ClN2O3. The third-order valence-electron chi connectivity index (χ3n) is 5.33. The molecule has 0 bridgehead atoms. The molecule has 1 unspecified atom stereocenters. The topological polar surface area (TPSA) is 49.9 Å². The lowest BCUT2D eigenvalue weighted by Gasteiger charge is -2.44. The largest absolute Gasteiger partial charge is 0.383 e. The van der Waals surface area contributed by atoms with E-state index in [0.717, 1.165) is 37.8 Å². The first-order valence-corrected chi connectivity index (χ1v) is 9.28. The fourth-order valence-electron chi connectivity index (χ4n) is 4.08. The lowest BCUT2D eigenvalue weighted by atomic mass is 9.85. The van der Waals surface area contributed by atoms with E-state index in [1.54, 1.807) is 19.2 Å². The second kappa shape index (κ2) is 7.75. The second-order valence-electron chi connectivity index (χ2n) is 6.87. The molecule has 6 heteroatoms. The molecule has 0 saturated carbocycles. The summed E-state index contributed by atoms with van der Waals surface area (Å²) >= 11 is 5.91. The van der Waals surface area contributed by atoms with Crippen LogP contribution in [0.2, 0.25) is 5.02 Å². The summed E-state index contributed by atoms with van der Waals surface area (Å²) in [5.74, 6) is 0.125. The summed E-state index contributed by atoms with van der Waals surface area (Å²) in [4.78, 5) is 29.8. The Morgan fingerprint density at radius 2 is 1.88 bits per heavy atom. The Hall–Kier alpha value is -1.59. The van der Waals surface area contributed by atoms with Crippen LogP contribution in [-0.2, 0) is 20.7 Å². The third-order valence-corrected chi connectivity index (χ3v) is 5.58. The van der Waals surface area contributed by atoms with Crippen molar-refractivity contribution in [2.45, 2.75) is 37.6 Å². The van der Waals surface area contributed by atoms with Crippen LogP contribution < -0.4 is 0 Å². The summed E-state index contributed by atoms with van der Waals surface area (Å²) in [6.07, 6.45) is 3.66. The second-order valence-corrected chi connectivity index (χ2v) is 7.31. The SMILES string of the molecule is COCCN1CCCC2(CCCN2C(=O)Cc2ccc(Cl)cc2)C1=O. The molecule has 1 aromatic rings. The maximum atomic E-state index is 13.1. The zero-order valence-electron chi connectivity index (χ0n) is 14.7. The highest BCUT2D eigenvalue weighted by Gasteiger charge is 2.52. The number of nitrogens with zero attached hydrogens (tertiary/aromatic N) is 2. The molecule has 2 fully saturated rings. The van der Waals surface area contributed by atoms with Gasteiger partial charge in [0.15, 0.2) is 0 Å². The third kappa shape index (κ3) is 3.67. The quantitative estimate of drug-likeness (QED) is 0.806. The number of benzene rings is 1. The van der Waals surface area contributed by atoms with Gasteiger partial charge in [0.2, 0.25) is 11.8 Å². The van der Waals surface area contributed by atoms with Crippen molar-refractivity contribution >= 4 is 23.4 Å². The van der Waals surface area contributed by atoms with Crippen molar-refractivity contribution in [1.29, 1.82) is 0 Å². The highest BCUT2D eigenvalue weighted by molar-refractivity contribution is 6.30. The maximum absolute atomic E-state index is 13.1. The molecule has 2 heterocycles. The summed E-state index contributed by atoms with van der Waals surface area (Å²) in [7, 11) is 1.64. The van der Waals surface area contributed by atoms with E-state index in [4.69, 9.17) is 16.3 Å². The van der Waals surface area contributed by atoms with E-state index < -0.39 is 5.54 Å². The van der Waals surface area contributed by atoms with E-state index >= 15 is 0 Å². The summed E-state index contributed by atoms with van der Waals surface area (Å²) in [5.41, 5.74) is 0.283. The number of piperidine rings is 1. The van der Waals surface area contributed by atoms with Gasteiger partial charge in [0.05, 0.1) is 13.0 Å². The van der Waals surface area contributed by atoms with Gasteiger partial charge >= 0.3 is 0 Å². The zero-order chi connectivity index (χ0) is 17.9. The first kappa shape index (κ1) is 18.2. The molecule has 2 saturated heterocycles. The number of hydrogen-bond acceptors (Lipinski definition) is 3. The maximum Gasteiger partial charge on any atom is 0.248 e. The van der Waals surface area contributed by atoms with Gasteiger partial charge in [-0.2, -0.15) is 0 Å². The van der Waals surface area contributed by atoms with Crippen LogP contribution in [0.3, 0.4) is 0 Å². The van der Waals surface area contributed by atoms with Crippen molar-refractivity contribution in [2.24, 2.45) is 0 Å². The van der Waals surface area contributed by atoms with Crippen LogP contribution in [0.4, 0.5) is 0 Å². The summed E-state index contributed by atoms with van der Waals surface area (Å²) in [5, 5.41) is 0.657. The molecular weight excluding hydrogens is 340 g/mol. The predicted molar refractivity (Wildman–Crippen MR) is 96.5 cm³/mol. The molecule has 3 rings (SSSR count). The summed E-state index contributed by atoms with van der Waals surface area (Å²) < 4.78 is 5.12. The minimum absolute atomic E-state index is 0.0294. The average Bonchev–Trinajstić information content (AvgIpc) is 3.03. The van der Waals surface area contributed by atoms with E-state index in [1.807, 2.05) is 21.9 Å². The van der Waals surface area contributed by atoms with E-state index in [-0.39, 0.29) is 11.8 Å². The normalized spacial score (nSPS) is 23.5. The van der Waals surface area contributed by atoms with Crippen LogP contribution in [0.15, 0.2) is 24.3 Å². The van der Waals surface area contributed by atoms with Gasteiger partial charge in [0, 0.05) is 31.8 Å². The number of carbonyl (C=O) groups is 2. The van der Waals surface area contributed by atoms with Gasteiger partial charge in [0.25, 0.3) is 0 Å². The van der Waals surface area contributed by atoms with Gasteiger partial charge in [0.1, 0.15) is 5.54 Å². The van der Waals surface area contributed by atoms with Gasteiger partial charge in [-0.3, -0.25) is 9.59 Å². The molecule has 0 N–H and O–H groups in total. The van der Waals surface area contributed by atoms with Gasteiger partial charge in [-0.05, 0) is 43.4 Å². The Morgan fingerprint density at radius 1 is 1.20 bits per heavy atom. The number of ether oxygens (including phenoxy) is 1. The Morgan fingerprint density at radius 3 is 2.56 bits per heavy atom. The van der Waals surface area contributed by atoms with Gasteiger partial charge in [-0.25, -0.2) is 0 Å². The molecule has 1 aromatic carbocycles. The summed E-state index contributed by atoms with van der Waals surface area (Å²) in [6, 6.07) is 7.33. The van der Waals surface area contributed by atoms with Crippen LogP contribution in [0.1, 0.15) is 31.2 Å².